The lowest BCUT2D eigenvalue weighted by Gasteiger charge is -2.58. The molecule has 3 aliphatic heterocycles. The number of aromatic amines is 1. The summed E-state index contributed by atoms with van der Waals surface area (Å²) in [7, 11) is 2.23. The van der Waals surface area contributed by atoms with Gasteiger partial charge >= 0.3 is 0 Å². The monoisotopic (exact) mass is 473 g/mol. The van der Waals surface area contributed by atoms with Crippen LogP contribution in [0.1, 0.15) is 71.8 Å². The van der Waals surface area contributed by atoms with Gasteiger partial charge in [0, 0.05) is 29.2 Å². The Hall–Kier alpha value is -2.60. The first-order chi connectivity index (χ1) is 16.8. The molecule has 2 aliphatic carbocycles. The van der Waals surface area contributed by atoms with E-state index < -0.39 is 0 Å². The van der Waals surface area contributed by atoms with E-state index in [-0.39, 0.29) is 29.0 Å². The second kappa shape index (κ2) is 7.45. The molecule has 4 bridgehead atoms. The number of carbonyl (C=O) groups is 1. The Morgan fingerprint density at radius 1 is 1.11 bits per heavy atom. The van der Waals surface area contributed by atoms with Gasteiger partial charge in [0.2, 0.25) is 0 Å². The number of likely N-dealkylation sites (N-methyl/N-ethyl adjacent to an activating group) is 1. The van der Waals surface area contributed by atoms with E-state index in [1.54, 1.807) is 6.07 Å². The first-order valence-corrected chi connectivity index (χ1v) is 13.4. The van der Waals surface area contributed by atoms with E-state index in [2.05, 4.69) is 29.9 Å². The molecule has 7 rings (SSSR count). The van der Waals surface area contributed by atoms with E-state index in [0.717, 1.165) is 69.2 Å². The van der Waals surface area contributed by atoms with Gasteiger partial charge in [-0.3, -0.25) is 9.59 Å². The highest BCUT2D eigenvalue weighted by molar-refractivity contribution is 5.94. The Morgan fingerprint density at radius 3 is 2.66 bits per heavy atom. The number of likely N-dealkylation sites (tertiary alicyclic amines) is 1. The lowest BCUT2D eigenvalue weighted by molar-refractivity contribution is 0.0233. The van der Waals surface area contributed by atoms with Crippen molar-refractivity contribution in [1.82, 2.24) is 14.8 Å². The van der Waals surface area contributed by atoms with Crippen LogP contribution in [0.3, 0.4) is 0 Å². The van der Waals surface area contributed by atoms with Crippen LogP contribution in [-0.2, 0) is 24.7 Å². The molecule has 6 nitrogen and oxygen atoms in total. The third kappa shape index (κ3) is 3.05. The van der Waals surface area contributed by atoms with Crippen molar-refractivity contribution in [2.45, 2.75) is 81.8 Å². The van der Waals surface area contributed by atoms with Crippen molar-refractivity contribution in [2.24, 2.45) is 11.8 Å². The van der Waals surface area contributed by atoms with Crippen LogP contribution >= 0.6 is 0 Å². The smallest absolute Gasteiger partial charge is 0.261 e. The number of phenolic OH excluding ortho intramolecular Hbond substituents is 1. The molecule has 1 amide bonds. The number of benzene rings is 1. The number of pyridine rings is 1. The van der Waals surface area contributed by atoms with Crippen LogP contribution in [0.15, 0.2) is 29.1 Å². The molecule has 0 saturated carbocycles. The number of carbonyl (C=O) groups excluding carboxylic acids is 1. The topological polar surface area (TPSA) is 76.6 Å². The fourth-order valence-corrected chi connectivity index (χ4v) is 8.69. The van der Waals surface area contributed by atoms with Crippen molar-refractivity contribution in [1.29, 1.82) is 0 Å². The normalized spacial score (nSPS) is 35.3. The molecule has 5 aliphatic rings. The molecule has 1 aromatic carbocycles. The number of rotatable bonds is 1. The molecule has 0 radical (unpaired) electrons. The second-order valence-corrected chi connectivity index (χ2v) is 12.2. The van der Waals surface area contributed by atoms with Crippen LogP contribution in [-0.4, -0.2) is 57.5 Å². The van der Waals surface area contributed by atoms with Crippen molar-refractivity contribution in [2.75, 3.05) is 13.6 Å². The molecule has 3 fully saturated rings. The minimum atomic E-state index is -0.238. The number of amides is 1. The standard InChI is InChI=1S/C29H35N3O3/c1-16-9-19-4-5-20(10-16)32(19)28(35)22-11-18-12-24-26-13-17-3-6-21(33)14-23(17)29(24,7-8-31(26)2)15-25(18)30-27(22)34/h3,6,11,14,16,19-20,24,26,33H,4-5,7-10,12-13,15H2,1-2H3,(H,30,34)/t16?,19-,20+,24-,26+,29+/m0/s1. The van der Waals surface area contributed by atoms with Crippen molar-refractivity contribution in [3.05, 3.63) is 62.6 Å². The molecule has 4 heterocycles. The van der Waals surface area contributed by atoms with Crippen LogP contribution in [0.4, 0.5) is 0 Å². The number of phenols is 1. The summed E-state index contributed by atoms with van der Waals surface area (Å²) in [6.45, 7) is 3.30. The first-order valence-electron chi connectivity index (χ1n) is 13.4. The number of hydrogen-bond donors (Lipinski definition) is 2. The van der Waals surface area contributed by atoms with Gasteiger partial charge in [0.15, 0.2) is 0 Å². The van der Waals surface area contributed by atoms with E-state index in [9.17, 15) is 14.7 Å². The second-order valence-electron chi connectivity index (χ2n) is 12.2. The molecule has 6 heteroatoms. The SMILES string of the molecule is CC1C[C@H]2CC[C@@H](C1)N2C(=O)c1cc2c([nH]c1=O)C[C@]13CCN(C)[C@H](Cc4ccc(O)cc41)[C@@H]3C2. The number of fused-ring (bicyclic) bond motifs is 4. The molecule has 6 atom stereocenters. The lowest BCUT2D eigenvalue weighted by atomic mass is 9.52. The molecule has 184 valence electrons. The molecule has 1 aromatic heterocycles. The van der Waals surface area contributed by atoms with Gasteiger partial charge in [-0.25, -0.2) is 0 Å². The zero-order valence-corrected chi connectivity index (χ0v) is 20.7. The summed E-state index contributed by atoms with van der Waals surface area (Å²) >= 11 is 0. The Bertz CT molecular complexity index is 1270. The molecule has 3 saturated heterocycles. The predicted molar refractivity (Wildman–Crippen MR) is 134 cm³/mol. The van der Waals surface area contributed by atoms with Crippen LogP contribution < -0.4 is 5.56 Å². The van der Waals surface area contributed by atoms with Crippen molar-refractivity contribution < 1.29 is 9.90 Å². The van der Waals surface area contributed by atoms with Gasteiger partial charge in [0.25, 0.3) is 11.5 Å². The molecular formula is C29H35N3O3. The van der Waals surface area contributed by atoms with E-state index in [1.165, 1.54) is 11.1 Å². The molecule has 2 N–H and O–H groups in total. The third-order valence-electron chi connectivity index (χ3n) is 10.3. The quantitative estimate of drug-likeness (QED) is 0.666. The molecular weight excluding hydrogens is 438 g/mol. The largest absolute Gasteiger partial charge is 0.508 e. The highest BCUT2D eigenvalue weighted by atomic mass is 16.3. The van der Waals surface area contributed by atoms with Gasteiger partial charge in [-0.2, -0.15) is 0 Å². The van der Waals surface area contributed by atoms with Crippen molar-refractivity contribution in [3.63, 3.8) is 0 Å². The van der Waals surface area contributed by atoms with Gasteiger partial charge in [0.1, 0.15) is 11.3 Å². The maximum absolute atomic E-state index is 13.7. The fraction of sp³-hybridized carbons (Fsp3) is 0.586. The minimum absolute atomic E-state index is 0.0649. The number of nitrogens with zero attached hydrogens (tertiary/aromatic N) is 2. The van der Waals surface area contributed by atoms with Crippen LogP contribution in [0, 0.1) is 11.8 Å². The van der Waals surface area contributed by atoms with Crippen LogP contribution in [0.25, 0.3) is 0 Å². The highest BCUT2D eigenvalue weighted by Gasteiger charge is 2.55. The first kappa shape index (κ1) is 21.7. The van der Waals surface area contributed by atoms with Gasteiger partial charge in [-0.15, -0.1) is 0 Å². The maximum atomic E-state index is 13.7. The number of H-pyrrole nitrogens is 1. The number of hydrogen-bond acceptors (Lipinski definition) is 4. The minimum Gasteiger partial charge on any atom is -0.508 e. The van der Waals surface area contributed by atoms with E-state index in [1.807, 2.05) is 17.0 Å². The Labute approximate surface area is 206 Å². The zero-order valence-electron chi connectivity index (χ0n) is 20.7. The van der Waals surface area contributed by atoms with E-state index >= 15 is 0 Å². The lowest BCUT2D eigenvalue weighted by Crippen LogP contribution is -2.61. The summed E-state index contributed by atoms with van der Waals surface area (Å²) in [6.07, 6.45) is 7.86. The van der Waals surface area contributed by atoms with E-state index in [4.69, 9.17) is 0 Å². The Balaban J connectivity index is 1.29. The maximum Gasteiger partial charge on any atom is 0.261 e. The number of piperidine rings is 2. The van der Waals surface area contributed by atoms with Gasteiger partial charge < -0.3 is 19.9 Å². The summed E-state index contributed by atoms with van der Waals surface area (Å²) in [5.41, 5.74) is 4.72. The number of aromatic hydroxyl groups is 1. The third-order valence-corrected chi connectivity index (χ3v) is 10.3. The summed E-state index contributed by atoms with van der Waals surface area (Å²) in [5, 5.41) is 10.3. The average Bonchev–Trinajstić information content (AvgIpc) is 3.10. The van der Waals surface area contributed by atoms with Crippen LogP contribution in [0.2, 0.25) is 0 Å². The molecule has 2 aromatic rings. The summed E-state index contributed by atoms with van der Waals surface area (Å²) < 4.78 is 0. The van der Waals surface area contributed by atoms with Crippen LogP contribution in [0.5, 0.6) is 5.75 Å². The Kier molecular flexibility index (Phi) is 4.61. The predicted octanol–water partition coefficient (Wildman–Crippen LogP) is 3.40. The van der Waals surface area contributed by atoms with Gasteiger partial charge in [-0.05, 0) is 112 Å². The van der Waals surface area contributed by atoms with Gasteiger partial charge in [-0.1, -0.05) is 13.0 Å². The molecule has 0 spiro atoms. The Morgan fingerprint density at radius 2 is 1.89 bits per heavy atom. The summed E-state index contributed by atoms with van der Waals surface area (Å²) in [6, 6.07) is 8.79. The summed E-state index contributed by atoms with van der Waals surface area (Å²) in [5.74, 6) is 1.31. The number of aromatic nitrogens is 1. The van der Waals surface area contributed by atoms with E-state index in [0.29, 0.717) is 29.2 Å². The average molecular weight is 474 g/mol. The zero-order chi connectivity index (χ0) is 24.1. The number of nitrogens with one attached hydrogen (secondary N) is 1. The molecule has 1 unspecified atom stereocenters. The fourth-order valence-electron chi connectivity index (χ4n) is 8.69. The molecule has 35 heavy (non-hydrogen) atoms. The van der Waals surface area contributed by atoms with Gasteiger partial charge in [0.05, 0.1) is 0 Å². The van der Waals surface area contributed by atoms with Crippen molar-refractivity contribution in [3.8, 4) is 5.75 Å². The summed E-state index contributed by atoms with van der Waals surface area (Å²) in [4.78, 5) is 34.7. The highest BCUT2D eigenvalue weighted by Crippen LogP contribution is 2.54. The van der Waals surface area contributed by atoms with Crippen molar-refractivity contribution >= 4 is 5.91 Å².